The molecular weight excluding hydrogens is 226 g/mol. The standard InChI is InChI=1S/C14H23N3O/c1-10(14(2,3)4)8-17-13(18)12-6-5-11(7-15)9-16-12/h5-6,9-10H,7-8,15H2,1-4H3,(H,17,18). The zero-order valence-corrected chi connectivity index (χ0v) is 11.7. The summed E-state index contributed by atoms with van der Waals surface area (Å²) in [7, 11) is 0. The van der Waals surface area contributed by atoms with Crippen LogP contribution >= 0.6 is 0 Å². The number of hydrogen-bond donors (Lipinski definition) is 2. The van der Waals surface area contributed by atoms with Gasteiger partial charge in [0, 0.05) is 19.3 Å². The number of nitrogens with zero attached hydrogens (tertiary/aromatic N) is 1. The van der Waals surface area contributed by atoms with Gasteiger partial charge in [0.1, 0.15) is 5.69 Å². The van der Waals surface area contributed by atoms with Crippen LogP contribution in [0.25, 0.3) is 0 Å². The monoisotopic (exact) mass is 249 g/mol. The van der Waals surface area contributed by atoms with E-state index < -0.39 is 0 Å². The highest BCUT2D eigenvalue weighted by molar-refractivity contribution is 5.92. The van der Waals surface area contributed by atoms with Crippen molar-refractivity contribution < 1.29 is 4.79 Å². The Morgan fingerprint density at radius 2 is 2.11 bits per heavy atom. The van der Waals surface area contributed by atoms with E-state index in [-0.39, 0.29) is 11.3 Å². The quantitative estimate of drug-likeness (QED) is 0.857. The predicted octanol–water partition coefficient (Wildman–Crippen LogP) is 1.95. The number of carbonyl (C=O) groups is 1. The minimum atomic E-state index is -0.130. The van der Waals surface area contributed by atoms with Crippen molar-refractivity contribution in [1.82, 2.24) is 10.3 Å². The highest BCUT2D eigenvalue weighted by Gasteiger charge is 2.20. The van der Waals surface area contributed by atoms with E-state index in [0.717, 1.165) is 5.56 Å². The lowest BCUT2D eigenvalue weighted by molar-refractivity contribution is 0.0932. The minimum Gasteiger partial charge on any atom is -0.350 e. The maximum atomic E-state index is 11.9. The van der Waals surface area contributed by atoms with E-state index in [4.69, 9.17) is 5.73 Å². The molecule has 1 rings (SSSR count). The lowest BCUT2D eigenvalue weighted by atomic mass is 9.82. The second kappa shape index (κ2) is 5.96. The molecule has 1 aromatic heterocycles. The lowest BCUT2D eigenvalue weighted by Gasteiger charge is -2.27. The number of hydrogen-bond acceptors (Lipinski definition) is 3. The predicted molar refractivity (Wildman–Crippen MR) is 73.1 cm³/mol. The summed E-state index contributed by atoms with van der Waals surface area (Å²) in [5.41, 5.74) is 7.03. The van der Waals surface area contributed by atoms with Crippen LogP contribution in [0.3, 0.4) is 0 Å². The highest BCUT2D eigenvalue weighted by Crippen LogP contribution is 2.24. The molecule has 0 bridgehead atoms. The van der Waals surface area contributed by atoms with Gasteiger partial charge in [0.25, 0.3) is 5.91 Å². The summed E-state index contributed by atoms with van der Waals surface area (Å²) in [4.78, 5) is 16.0. The molecule has 0 aliphatic rings. The highest BCUT2D eigenvalue weighted by atomic mass is 16.1. The molecule has 0 saturated carbocycles. The molecule has 1 amide bonds. The van der Waals surface area contributed by atoms with Gasteiger partial charge in [-0.2, -0.15) is 0 Å². The minimum absolute atomic E-state index is 0.130. The van der Waals surface area contributed by atoms with E-state index in [1.807, 2.05) is 6.07 Å². The van der Waals surface area contributed by atoms with Crippen molar-refractivity contribution in [3.05, 3.63) is 29.6 Å². The van der Waals surface area contributed by atoms with Crippen molar-refractivity contribution in [1.29, 1.82) is 0 Å². The Morgan fingerprint density at radius 3 is 2.56 bits per heavy atom. The van der Waals surface area contributed by atoms with Gasteiger partial charge >= 0.3 is 0 Å². The average molecular weight is 249 g/mol. The molecule has 0 aromatic carbocycles. The van der Waals surface area contributed by atoms with Crippen molar-refractivity contribution in [2.45, 2.75) is 34.2 Å². The summed E-state index contributed by atoms with van der Waals surface area (Å²) in [5, 5.41) is 2.91. The molecule has 4 heteroatoms. The SMILES string of the molecule is CC(CNC(=O)c1ccc(CN)cn1)C(C)(C)C. The summed E-state index contributed by atoms with van der Waals surface area (Å²) >= 11 is 0. The molecule has 100 valence electrons. The second-order valence-electron chi connectivity index (χ2n) is 5.73. The molecular formula is C14H23N3O. The third-order valence-electron chi connectivity index (χ3n) is 3.34. The summed E-state index contributed by atoms with van der Waals surface area (Å²) in [6.07, 6.45) is 1.64. The van der Waals surface area contributed by atoms with Crippen molar-refractivity contribution in [3.63, 3.8) is 0 Å². The molecule has 0 saturated heterocycles. The number of pyridine rings is 1. The molecule has 3 N–H and O–H groups in total. The third-order valence-corrected chi connectivity index (χ3v) is 3.34. The van der Waals surface area contributed by atoms with Crippen LogP contribution in [0.5, 0.6) is 0 Å². The number of nitrogens with one attached hydrogen (secondary N) is 1. The van der Waals surface area contributed by atoms with Crippen molar-refractivity contribution in [3.8, 4) is 0 Å². The number of carbonyl (C=O) groups excluding carboxylic acids is 1. The molecule has 0 fully saturated rings. The van der Waals surface area contributed by atoms with E-state index in [1.54, 1.807) is 12.3 Å². The zero-order chi connectivity index (χ0) is 13.8. The first-order valence-electron chi connectivity index (χ1n) is 6.27. The fraction of sp³-hybridized carbons (Fsp3) is 0.571. The van der Waals surface area contributed by atoms with Crippen LogP contribution in [-0.4, -0.2) is 17.4 Å². The first-order valence-corrected chi connectivity index (χ1v) is 6.27. The Hall–Kier alpha value is -1.42. The van der Waals surface area contributed by atoms with Crippen LogP contribution in [0.15, 0.2) is 18.3 Å². The van der Waals surface area contributed by atoms with Gasteiger partial charge in [0.15, 0.2) is 0 Å². The summed E-state index contributed by atoms with van der Waals surface area (Å²) in [5.74, 6) is 0.277. The smallest absolute Gasteiger partial charge is 0.269 e. The van der Waals surface area contributed by atoms with Crippen molar-refractivity contribution >= 4 is 5.91 Å². The third kappa shape index (κ3) is 4.11. The van der Waals surface area contributed by atoms with Crippen LogP contribution in [0.2, 0.25) is 0 Å². The van der Waals surface area contributed by atoms with Crippen LogP contribution in [0.4, 0.5) is 0 Å². The number of aromatic nitrogens is 1. The maximum Gasteiger partial charge on any atom is 0.269 e. The van der Waals surface area contributed by atoms with E-state index in [1.165, 1.54) is 0 Å². The Labute approximate surface area is 109 Å². The van der Waals surface area contributed by atoms with Crippen LogP contribution in [0.1, 0.15) is 43.7 Å². The van der Waals surface area contributed by atoms with Gasteiger partial charge in [-0.3, -0.25) is 9.78 Å². The van der Waals surface area contributed by atoms with Gasteiger partial charge in [0.2, 0.25) is 0 Å². The molecule has 4 nitrogen and oxygen atoms in total. The van der Waals surface area contributed by atoms with Crippen molar-refractivity contribution in [2.75, 3.05) is 6.54 Å². The van der Waals surface area contributed by atoms with Gasteiger partial charge in [0.05, 0.1) is 0 Å². The van der Waals surface area contributed by atoms with Crippen LogP contribution in [0, 0.1) is 11.3 Å². The van der Waals surface area contributed by atoms with E-state index in [0.29, 0.717) is 24.7 Å². The first-order chi connectivity index (χ1) is 8.34. The van der Waals surface area contributed by atoms with Gasteiger partial charge in [-0.1, -0.05) is 33.8 Å². The molecule has 18 heavy (non-hydrogen) atoms. The summed E-state index contributed by atoms with van der Waals surface area (Å²) in [6, 6.07) is 3.54. The Balaban J connectivity index is 2.55. The van der Waals surface area contributed by atoms with Crippen LogP contribution in [-0.2, 0) is 6.54 Å². The maximum absolute atomic E-state index is 11.9. The summed E-state index contributed by atoms with van der Waals surface area (Å²) < 4.78 is 0. The fourth-order valence-electron chi connectivity index (χ4n) is 1.32. The normalized spacial score (nSPS) is 13.2. The number of amides is 1. The Morgan fingerprint density at radius 1 is 1.44 bits per heavy atom. The van der Waals surface area contributed by atoms with E-state index in [2.05, 4.69) is 38.0 Å². The zero-order valence-electron chi connectivity index (χ0n) is 11.7. The number of nitrogens with two attached hydrogens (primary N) is 1. The number of rotatable bonds is 4. The largest absolute Gasteiger partial charge is 0.350 e. The van der Waals surface area contributed by atoms with Crippen molar-refractivity contribution in [2.24, 2.45) is 17.1 Å². The molecule has 0 aliphatic heterocycles. The Kier molecular flexibility index (Phi) is 4.84. The lowest BCUT2D eigenvalue weighted by Crippen LogP contribution is -2.34. The molecule has 0 radical (unpaired) electrons. The van der Waals surface area contributed by atoms with E-state index >= 15 is 0 Å². The average Bonchev–Trinajstić information content (AvgIpc) is 2.34. The Bertz CT molecular complexity index is 392. The van der Waals surface area contributed by atoms with Crippen LogP contribution < -0.4 is 11.1 Å². The molecule has 0 aliphatic carbocycles. The fourth-order valence-corrected chi connectivity index (χ4v) is 1.32. The second-order valence-corrected chi connectivity index (χ2v) is 5.73. The molecule has 1 atom stereocenters. The molecule has 0 spiro atoms. The molecule has 1 unspecified atom stereocenters. The van der Waals surface area contributed by atoms with E-state index in [9.17, 15) is 4.79 Å². The van der Waals surface area contributed by atoms with Gasteiger partial charge < -0.3 is 11.1 Å². The summed E-state index contributed by atoms with van der Waals surface area (Å²) in [6.45, 7) is 9.72. The first kappa shape index (κ1) is 14.6. The molecule has 1 aromatic rings. The van der Waals surface area contributed by atoms with Gasteiger partial charge in [-0.15, -0.1) is 0 Å². The molecule has 1 heterocycles. The van der Waals surface area contributed by atoms with Gasteiger partial charge in [-0.05, 0) is 23.0 Å². The van der Waals surface area contributed by atoms with Gasteiger partial charge in [-0.25, -0.2) is 0 Å². The topological polar surface area (TPSA) is 68.0 Å².